The molecule has 0 radical (unpaired) electrons. The lowest BCUT2D eigenvalue weighted by atomic mass is 10.0. The summed E-state index contributed by atoms with van der Waals surface area (Å²) in [5, 5.41) is 9.27. The van der Waals surface area contributed by atoms with Gasteiger partial charge in [-0.05, 0) is 55.5 Å². The van der Waals surface area contributed by atoms with E-state index in [1.165, 1.54) is 6.07 Å². The van der Waals surface area contributed by atoms with Crippen molar-refractivity contribution >= 4 is 17.1 Å². The highest BCUT2D eigenvalue weighted by atomic mass is 19.1. The number of ether oxygens (including phenoxy) is 1. The van der Waals surface area contributed by atoms with Crippen LogP contribution in [0.1, 0.15) is 31.7 Å². The predicted octanol–water partition coefficient (Wildman–Crippen LogP) is 5.57. The molecule has 1 aromatic heterocycles. The van der Waals surface area contributed by atoms with Crippen LogP contribution in [0.25, 0.3) is 28.2 Å². The summed E-state index contributed by atoms with van der Waals surface area (Å²) >= 11 is 0. The van der Waals surface area contributed by atoms with E-state index >= 15 is 0 Å². The molecule has 1 atom stereocenters. The molecular formula is C24H25FN2O2. The summed E-state index contributed by atoms with van der Waals surface area (Å²) in [7, 11) is 0. The molecule has 1 heterocycles. The molecule has 3 rings (SSSR count). The van der Waals surface area contributed by atoms with Crippen molar-refractivity contribution in [3.05, 3.63) is 72.7 Å². The van der Waals surface area contributed by atoms with Crippen LogP contribution in [0.15, 0.2) is 61.3 Å². The van der Waals surface area contributed by atoms with Gasteiger partial charge in [0.25, 0.3) is 0 Å². The lowest BCUT2D eigenvalue weighted by molar-refractivity contribution is 0.182. The first-order valence-electron chi connectivity index (χ1n) is 9.72. The Labute approximate surface area is 170 Å². The van der Waals surface area contributed by atoms with E-state index in [0.717, 1.165) is 30.4 Å². The van der Waals surface area contributed by atoms with Gasteiger partial charge in [-0.15, -0.1) is 0 Å². The fraction of sp³-hybridized carbons (Fsp3) is 0.250. The highest BCUT2D eigenvalue weighted by molar-refractivity contribution is 5.82. The van der Waals surface area contributed by atoms with Crippen molar-refractivity contribution in [3.8, 4) is 17.0 Å². The lowest BCUT2D eigenvalue weighted by Crippen LogP contribution is -1.97. The molecule has 1 unspecified atom stereocenters. The summed E-state index contributed by atoms with van der Waals surface area (Å²) < 4.78 is 20.1. The number of aromatic nitrogens is 2. The molecular weight excluding hydrogens is 367 g/mol. The Morgan fingerprint density at radius 2 is 2.07 bits per heavy atom. The summed E-state index contributed by atoms with van der Waals surface area (Å²) in [6, 6.07) is 10.7. The van der Waals surface area contributed by atoms with E-state index in [0.29, 0.717) is 29.1 Å². The second-order valence-corrected chi connectivity index (χ2v) is 6.93. The minimum atomic E-state index is -0.283. The molecule has 1 N–H and O–H groups in total. The number of unbranched alkanes of at least 4 members (excludes halogenated alkanes) is 1. The third-order valence-corrected chi connectivity index (χ3v) is 4.48. The molecule has 0 aliphatic carbocycles. The van der Waals surface area contributed by atoms with Gasteiger partial charge < -0.3 is 9.84 Å². The average Bonchev–Trinajstić information content (AvgIpc) is 2.71. The molecule has 0 spiro atoms. The summed E-state index contributed by atoms with van der Waals surface area (Å²) in [5.74, 6) is 0.148. The largest absolute Gasteiger partial charge is 0.472 e. The number of fused-ring (bicyclic) bond motifs is 1. The van der Waals surface area contributed by atoms with Crippen LogP contribution in [-0.4, -0.2) is 27.8 Å². The van der Waals surface area contributed by atoms with Crippen LogP contribution in [0, 0.1) is 5.82 Å². The second-order valence-electron chi connectivity index (χ2n) is 6.93. The molecule has 0 fully saturated rings. The van der Waals surface area contributed by atoms with Crippen molar-refractivity contribution in [1.82, 2.24) is 9.97 Å². The van der Waals surface area contributed by atoms with Crippen molar-refractivity contribution in [1.29, 1.82) is 0 Å². The van der Waals surface area contributed by atoms with E-state index in [1.54, 1.807) is 25.3 Å². The maximum atomic E-state index is 14.7. The minimum Gasteiger partial charge on any atom is -0.472 e. The molecule has 150 valence electrons. The standard InChI is InChI=1S/C24H25FN2O2/c1-3-13-29-24-16-26-23-15-19(10-12-22(23)27-24)20-11-9-18(14-21(20)25)8-6-4-5-7-17(2)28/h3,6,8-12,14-17,28H,1,4-5,7,13H2,2H3/b8-6+. The van der Waals surface area contributed by atoms with Gasteiger partial charge >= 0.3 is 0 Å². The zero-order valence-electron chi connectivity index (χ0n) is 16.5. The van der Waals surface area contributed by atoms with Gasteiger partial charge in [0.1, 0.15) is 12.4 Å². The lowest BCUT2D eigenvalue weighted by Gasteiger charge is -2.07. The van der Waals surface area contributed by atoms with Crippen LogP contribution in [0.2, 0.25) is 0 Å². The Balaban J connectivity index is 1.75. The monoisotopic (exact) mass is 392 g/mol. The fourth-order valence-electron chi connectivity index (χ4n) is 2.99. The van der Waals surface area contributed by atoms with Gasteiger partial charge in [0.15, 0.2) is 0 Å². The molecule has 3 aromatic rings. The van der Waals surface area contributed by atoms with Crippen molar-refractivity contribution < 1.29 is 14.2 Å². The van der Waals surface area contributed by atoms with E-state index in [2.05, 4.69) is 16.5 Å². The number of rotatable bonds is 9. The molecule has 5 heteroatoms. The van der Waals surface area contributed by atoms with Crippen LogP contribution in [0.3, 0.4) is 0 Å². The number of allylic oxidation sites excluding steroid dienone is 1. The van der Waals surface area contributed by atoms with Gasteiger partial charge in [-0.3, -0.25) is 0 Å². The minimum absolute atomic E-state index is 0.280. The topological polar surface area (TPSA) is 55.2 Å². The van der Waals surface area contributed by atoms with Gasteiger partial charge in [-0.25, -0.2) is 14.4 Å². The molecule has 0 saturated carbocycles. The van der Waals surface area contributed by atoms with E-state index < -0.39 is 0 Å². The molecule has 0 aliphatic rings. The first kappa shape index (κ1) is 20.7. The van der Waals surface area contributed by atoms with Crippen molar-refractivity contribution in [2.24, 2.45) is 0 Å². The SMILES string of the molecule is C=CCOc1cnc2cc(-c3ccc(/C=C/CCCC(C)O)cc3F)ccc2n1. The van der Waals surface area contributed by atoms with E-state index in [1.807, 2.05) is 36.4 Å². The van der Waals surface area contributed by atoms with E-state index in [-0.39, 0.29) is 11.9 Å². The number of nitrogens with zero attached hydrogens (tertiary/aromatic N) is 2. The average molecular weight is 392 g/mol. The maximum absolute atomic E-state index is 14.7. The smallest absolute Gasteiger partial charge is 0.233 e. The molecule has 0 saturated heterocycles. The first-order chi connectivity index (χ1) is 14.1. The highest BCUT2D eigenvalue weighted by Crippen LogP contribution is 2.27. The molecule has 29 heavy (non-hydrogen) atoms. The number of halogens is 1. The van der Waals surface area contributed by atoms with Crippen molar-refractivity contribution in [2.75, 3.05) is 6.61 Å². The number of aliphatic hydroxyl groups is 1. The molecule has 0 amide bonds. The number of hydrogen-bond acceptors (Lipinski definition) is 4. The van der Waals surface area contributed by atoms with Gasteiger partial charge in [-0.2, -0.15) is 0 Å². The van der Waals surface area contributed by atoms with Crippen LogP contribution in [0.5, 0.6) is 5.88 Å². The highest BCUT2D eigenvalue weighted by Gasteiger charge is 2.08. The summed E-state index contributed by atoms with van der Waals surface area (Å²) in [5.41, 5.74) is 3.44. The van der Waals surface area contributed by atoms with Gasteiger partial charge in [0.05, 0.1) is 23.3 Å². The Morgan fingerprint density at radius 1 is 1.21 bits per heavy atom. The summed E-state index contributed by atoms with van der Waals surface area (Å²) in [6.45, 7) is 5.76. The zero-order chi connectivity index (χ0) is 20.6. The number of benzene rings is 2. The first-order valence-corrected chi connectivity index (χ1v) is 9.72. The van der Waals surface area contributed by atoms with Crippen LogP contribution in [-0.2, 0) is 0 Å². The summed E-state index contributed by atoms with van der Waals surface area (Å²) in [4.78, 5) is 8.76. The molecule has 2 aromatic carbocycles. The summed E-state index contributed by atoms with van der Waals surface area (Å²) in [6.07, 6.45) is 9.37. The Bertz CT molecular complexity index is 1010. The van der Waals surface area contributed by atoms with Gasteiger partial charge in [0, 0.05) is 5.56 Å². The maximum Gasteiger partial charge on any atom is 0.233 e. The fourth-order valence-corrected chi connectivity index (χ4v) is 2.99. The Kier molecular flexibility index (Phi) is 7.09. The number of hydrogen-bond donors (Lipinski definition) is 1. The van der Waals surface area contributed by atoms with Crippen molar-refractivity contribution in [2.45, 2.75) is 32.3 Å². The van der Waals surface area contributed by atoms with Gasteiger partial charge in [0.2, 0.25) is 5.88 Å². The third-order valence-electron chi connectivity index (χ3n) is 4.48. The zero-order valence-corrected chi connectivity index (χ0v) is 16.5. The van der Waals surface area contributed by atoms with E-state index in [9.17, 15) is 9.50 Å². The predicted molar refractivity (Wildman–Crippen MR) is 115 cm³/mol. The molecule has 0 bridgehead atoms. The van der Waals surface area contributed by atoms with Crippen molar-refractivity contribution in [3.63, 3.8) is 0 Å². The molecule has 0 aliphatic heterocycles. The quantitative estimate of drug-likeness (QED) is 0.382. The number of aliphatic hydroxyl groups excluding tert-OH is 1. The van der Waals surface area contributed by atoms with Crippen LogP contribution < -0.4 is 4.74 Å². The second kappa shape index (κ2) is 9.94. The Morgan fingerprint density at radius 3 is 2.83 bits per heavy atom. The Hall–Kier alpha value is -3.05. The van der Waals surface area contributed by atoms with Crippen LogP contribution in [0.4, 0.5) is 4.39 Å². The van der Waals surface area contributed by atoms with Gasteiger partial charge in [-0.1, -0.05) is 43.0 Å². The van der Waals surface area contributed by atoms with E-state index in [4.69, 9.17) is 4.74 Å². The third kappa shape index (κ3) is 5.72. The molecule has 4 nitrogen and oxygen atoms in total. The normalized spacial score (nSPS) is 12.4. The van der Waals surface area contributed by atoms with Crippen LogP contribution >= 0.6 is 0 Å².